The number of amides is 1. The highest BCUT2D eigenvalue weighted by Gasteiger charge is 2.22. The van der Waals surface area contributed by atoms with Gasteiger partial charge in [0.25, 0.3) is 0 Å². The van der Waals surface area contributed by atoms with Crippen LogP contribution in [0.2, 0.25) is 0 Å². The number of benzene rings is 1. The smallest absolute Gasteiger partial charge is 0.230 e. The number of nitrogens with zero attached hydrogens (tertiary/aromatic N) is 1. The van der Waals surface area contributed by atoms with Crippen LogP contribution in [0.4, 0.5) is 13.8 Å². The van der Waals surface area contributed by atoms with Crippen molar-refractivity contribution in [2.24, 2.45) is 0 Å². The van der Waals surface area contributed by atoms with Crippen LogP contribution in [0.15, 0.2) is 18.2 Å². The van der Waals surface area contributed by atoms with Gasteiger partial charge in [-0.15, -0.1) is 11.3 Å². The van der Waals surface area contributed by atoms with E-state index in [-0.39, 0.29) is 18.4 Å². The van der Waals surface area contributed by atoms with Gasteiger partial charge in [0.1, 0.15) is 28.7 Å². The number of quaternary nitrogens is 1. The fourth-order valence-corrected chi connectivity index (χ4v) is 4.68. The number of nitrogens with two attached hydrogens (primary N) is 1. The van der Waals surface area contributed by atoms with E-state index in [1.807, 2.05) is 12.2 Å². The fourth-order valence-electron chi connectivity index (χ4n) is 3.42. The van der Waals surface area contributed by atoms with Gasteiger partial charge >= 0.3 is 0 Å². The highest BCUT2D eigenvalue weighted by molar-refractivity contribution is 7.16. The predicted molar refractivity (Wildman–Crippen MR) is 100 cm³/mol. The molecule has 7 heteroatoms. The summed E-state index contributed by atoms with van der Waals surface area (Å²) in [5.74, 6) is -1.34. The van der Waals surface area contributed by atoms with E-state index in [1.54, 1.807) is 0 Å². The van der Waals surface area contributed by atoms with Crippen LogP contribution in [0, 0.1) is 23.0 Å². The summed E-state index contributed by atoms with van der Waals surface area (Å²) in [7, 11) is 0. The molecule has 0 radical (unpaired) electrons. The Labute approximate surface area is 161 Å². The molecular weight excluding hydrogens is 368 g/mol. The van der Waals surface area contributed by atoms with Gasteiger partial charge in [0, 0.05) is 16.5 Å². The van der Waals surface area contributed by atoms with Crippen molar-refractivity contribution in [3.8, 4) is 6.07 Å². The number of thiophene rings is 1. The van der Waals surface area contributed by atoms with Gasteiger partial charge in [0.05, 0.1) is 18.5 Å². The quantitative estimate of drug-likeness (QED) is 0.793. The topological polar surface area (TPSA) is 69.5 Å². The lowest BCUT2D eigenvalue weighted by molar-refractivity contribution is -0.691. The number of anilines is 1. The van der Waals surface area contributed by atoms with Gasteiger partial charge in [-0.2, -0.15) is 5.26 Å². The Hall–Kier alpha value is -2.30. The second kappa shape index (κ2) is 8.59. The molecule has 0 saturated carbocycles. The van der Waals surface area contributed by atoms with Gasteiger partial charge in [-0.3, -0.25) is 4.79 Å². The van der Waals surface area contributed by atoms with Gasteiger partial charge in [-0.25, -0.2) is 8.78 Å². The minimum atomic E-state index is -0.602. The summed E-state index contributed by atoms with van der Waals surface area (Å²) in [5.41, 5.74) is 2.11. The first kappa shape index (κ1) is 19.5. The Morgan fingerprint density at radius 3 is 2.89 bits per heavy atom. The van der Waals surface area contributed by atoms with E-state index in [0.717, 1.165) is 37.3 Å². The van der Waals surface area contributed by atoms with Crippen molar-refractivity contribution in [3.05, 3.63) is 51.4 Å². The van der Waals surface area contributed by atoms with Crippen molar-refractivity contribution in [3.63, 3.8) is 0 Å². The Balaban J connectivity index is 1.54. The van der Waals surface area contributed by atoms with Gasteiger partial charge < -0.3 is 10.6 Å². The molecule has 3 N–H and O–H groups in total. The number of hydrogen-bond donors (Lipinski definition) is 2. The van der Waals surface area contributed by atoms with Crippen LogP contribution < -0.4 is 10.6 Å². The van der Waals surface area contributed by atoms with Gasteiger partial charge in [0.2, 0.25) is 5.91 Å². The summed E-state index contributed by atoms with van der Waals surface area (Å²) < 4.78 is 26.8. The number of hydrogen-bond acceptors (Lipinski definition) is 3. The standard InChI is InChI=1S/C20H21F2N3OS/c1-12(14-7-6-13(21)10-17(14)22)24-9-8-19(26)25-20-16(11-23)15-4-2-3-5-18(15)27-20/h6-7,10,12,24H,2-5,8-9H2,1H3,(H,25,26)/p+1/t12-/m1/s1. The average Bonchev–Trinajstić information content (AvgIpc) is 2.98. The molecule has 0 spiro atoms. The van der Waals surface area contributed by atoms with E-state index in [0.29, 0.717) is 22.7 Å². The van der Waals surface area contributed by atoms with Crippen molar-refractivity contribution in [2.45, 2.75) is 45.1 Å². The zero-order chi connectivity index (χ0) is 19.4. The van der Waals surface area contributed by atoms with Gasteiger partial charge in [-0.05, 0) is 50.3 Å². The van der Waals surface area contributed by atoms with Crippen LogP contribution in [-0.2, 0) is 17.6 Å². The van der Waals surface area contributed by atoms with Crippen LogP contribution in [0.5, 0.6) is 0 Å². The number of carbonyl (C=O) groups is 1. The minimum absolute atomic E-state index is 0.159. The van der Waals surface area contributed by atoms with Crippen molar-refractivity contribution < 1.29 is 18.9 Å². The van der Waals surface area contributed by atoms with E-state index in [1.165, 1.54) is 28.3 Å². The molecule has 1 aliphatic carbocycles. The first-order valence-corrected chi connectivity index (χ1v) is 9.94. The van der Waals surface area contributed by atoms with Crippen LogP contribution in [0.25, 0.3) is 0 Å². The van der Waals surface area contributed by atoms with Crippen molar-refractivity contribution >= 4 is 22.2 Å². The number of nitrogens with one attached hydrogen (secondary N) is 1. The van der Waals surface area contributed by atoms with Crippen LogP contribution in [-0.4, -0.2) is 12.5 Å². The third-order valence-corrected chi connectivity index (χ3v) is 6.09. The zero-order valence-corrected chi connectivity index (χ0v) is 16.0. The molecule has 0 saturated heterocycles. The molecule has 3 rings (SSSR count). The van der Waals surface area contributed by atoms with Crippen LogP contribution >= 0.6 is 11.3 Å². The van der Waals surface area contributed by atoms with E-state index in [9.17, 15) is 18.8 Å². The normalized spacial score (nSPS) is 14.3. The summed E-state index contributed by atoms with van der Waals surface area (Å²) in [6, 6.07) is 5.55. The molecule has 1 heterocycles. The Kier molecular flexibility index (Phi) is 6.19. The maximum absolute atomic E-state index is 13.8. The number of carbonyl (C=O) groups excluding carboxylic acids is 1. The molecule has 1 aromatic carbocycles. The third kappa shape index (κ3) is 4.52. The Bertz CT molecular complexity index is 888. The molecule has 1 aromatic heterocycles. The fraction of sp³-hybridized carbons (Fsp3) is 0.400. The lowest BCUT2D eigenvalue weighted by Gasteiger charge is -2.12. The molecule has 27 heavy (non-hydrogen) atoms. The molecule has 0 unspecified atom stereocenters. The Morgan fingerprint density at radius 2 is 2.15 bits per heavy atom. The zero-order valence-electron chi connectivity index (χ0n) is 15.1. The Morgan fingerprint density at radius 1 is 1.37 bits per heavy atom. The van der Waals surface area contributed by atoms with E-state index < -0.39 is 11.6 Å². The summed E-state index contributed by atoms with van der Waals surface area (Å²) >= 11 is 1.51. The van der Waals surface area contributed by atoms with E-state index in [4.69, 9.17) is 0 Å². The van der Waals surface area contributed by atoms with Gasteiger partial charge in [-0.1, -0.05) is 0 Å². The minimum Gasteiger partial charge on any atom is -0.340 e. The maximum Gasteiger partial charge on any atom is 0.230 e. The lowest BCUT2D eigenvalue weighted by Crippen LogP contribution is -2.85. The summed E-state index contributed by atoms with van der Waals surface area (Å²) in [6.45, 7) is 2.28. The largest absolute Gasteiger partial charge is 0.340 e. The van der Waals surface area contributed by atoms with Gasteiger partial charge in [0.15, 0.2) is 0 Å². The second-order valence-corrected chi connectivity index (χ2v) is 7.91. The molecule has 1 atom stereocenters. The molecule has 1 aliphatic rings. The first-order valence-electron chi connectivity index (χ1n) is 9.12. The SMILES string of the molecule is C[C@@H]([NH2+]CCC(=O)Nc1sc2c(c1C#N)CCCC2)c1ccc(F)cc1F. The van der Waals surface area contributed by atoms with Crippen molar-refractivity contribution in [1.82, 2.24) is 0 Å². The molecule has 0 fully saturated rings. The molecule has 0 aliphatic heterocycles. The number of halogens is 2. The predicted octanol–water partition coefficient (Wildman–Crippen LogP) is 3.43. The van der Waals surface area contributed by atoms with Crippen molar-refractivity contribution in [1.29, 1.82) is 5.26 Å². The van der Waals surface area contributed by atoms with Crippen molar-refractivity contribution in [2.75, 3.05) is 11.9 Å². The summed E-state index contributed by atoms with van der Waals surface area (Å²) in [5, 5.41) is 14.8. The number of aryl methyl sites for hydroxylation is 1. The number of rotatable bonds is 6. The lowest BCUT2D eigenvalue weighted by atomic mass is 9.96. The van der Waals surface area contributed by atoms with Crippen LogP contribution in [0.3, 0.4) is 0 Å². The maximum atomic E-state index is 13.8. The second-order valence-electron chi connectivity index (χ2n) is 6.80. The molecule has 142 valence electrons. The number of fused-ring (bicyclic) bond motifs is 1. The highest BCUT2D eigenvalue weighted by Crippen LogP contribution is 2.37. The third-order valence-electron chi connectivity index (χ3n) is 4.88. The monoisotopic (exact) mass is 390 g/mol. The van der Waals surface area contributed by atoms with E-state index in [2.05, 4.69) is 11.4 Å². The molecule has 4 nitrogen and oxygen atoms in total. The summed E-state index contributed by atoms with van der Waals surface area (Å²) in [4.78, 5) is 13.5. The first-order chi connectivity index (χ1) is 13.0. The molecule has 2 aromatic rings. The average molecular weight is 390 g/mol. The highest BCUT2D eigenvalue weighted by atomic mass is 32.1. The van der Waals surface area contributed by atoms with Crippen LogP contribution in [0.1, 0.15) is 53.8 Å². The molecular formula is C20H22F2N3OS+. The number of nitriles is 1. The van der Waals surface area contributed by atoms with E-state index >= 15 is 0 Å². The summed E-state index contributed by atoms with van der Waals surface area (Å²) in [6.07, 6.45) is 4.33. The molecule has 0 bridgehead atoms. The molecule has 1 amide bonds.